The van der Waals surface area contributed by atoms with Gasteiger partial charge in [0.2, 0.25) is 0 Å². The molecule has 26 heavy (non-hydrogen) atoms. The monoisotopic (exact) mass is 378 g/mol. The molecule has 144 valence electrons. The summed E-state index contributed by atoms with van der Waals surface area (Å²) in [4.78, 5) is 15.0. The summed E-state index contributed by atoms with van der Waals surface area (Å²) in [6, 6.07) is 8.85. The number of benzene rings is 1. The summed E-state index contributed by atoms with van der Waals surface area (Å²) >= 11 is 0. The topological polar surface area (TPSA) is 66.5 Å². The van der Waals surface area contributed by atoms with Crippen LogP contribution in [0.2, 0.25) is 0 Å². The predicted octanol–water partition coefficient (Wildman–Crippen LogP) is 3.60. The van der Waals surface area contributed by atoms with Crippen molar-refractivity contribution in [2.45, 2.75) is 62.3 Å². The number of carbonyl (C=O) groups is 1. The Hall–Kier alpha value is -1.56. The number of hydrogen-bond acceptors (Lipinski definition) is 3. The van der Waals surface area contributed by atoms with Crippen LogP contribution in [-0.2, 0) is 9.84 Å². The largest absolute Gasteiger partial charge is 0.338 e. The zero-order valence-corrected chi connectivity index (χ0v) is 16.2. The minimum absolute atomic E-state index is 0.0130. The van der Waals surface area contributed by atoms with E-state index in [2.05, 4.69) is 5.32 Å². The second kappa shape index (κ2) is 8.89. The molecule has 0 aliphatic heterocycles. The first-order valence-corrected chi connectivity index (χ1v) is 11.5. The molecule has 0 bridgehead atoms. The lowest BCUT2D eigenvalue weighted by molar-refractivity contribution is 0.152. The Morgan fingerprint density at radius 3 is 2.38 bits per heavy atom. The predicted molar refractivity (Wildman–Crippen MR) is 103 cm³/mol. The van der Waals surface area contributed by atoms with Crippen molar-refractivity contribution in [1.29, 1.82) is 0 Å². The van der Waals surface area contributed by atoms with Crippen LogP contribution in [0.3, 0.4) is 0 Å². The van der Waals surface area contributed by atoms with Crippen LogP contribution in [0.1, 0.15) is 51.4 Å². The average molecular weight is 379 g/mol. The molecule has 2 aliphatic rings. The summed E-state index contributed by atoms with van der Waals surface area (Å²) in [5, 5.41) is 2.96. The fourth-order valence-corrected chi connectivity index (χ4v) is 5.01. The fourth-order valence-electron chi connectivity index (χ4n) is 3.67. The van der Waals surface area contributed by atoms with Crippen LogP contribution in [-0.4, -0.2) is 44.2 Å². The summed E-state index contributed by atoms with van der Waals surface area (Å²) in [6.45, 7) is 1.26. The maximum absolute atomic E-state index is 12.7. The number of carbonyl (C=O) groups excluding carboxylic acids is 1. The highest BCUT2D eigenvalue weighted by Crippen LogP contribution is 2.32. The van der Waals surface area contributed by atoms with Gasteiger partial charge in [0.05, 0.1) is 10.6 Å². The van der Waals surface area contributed by atoms with Crippen LogP contribution in [0.4, 0.5) is 4.79 Å². The number of urea groups is 1. The molecule has 0 aromatic heterocycles. The third kappa shape index (κ3) is 5.47. The van der Waals surface area contributed by atoms with Crippen LogP contribution in [0.15, 0.2) is 35.2 Å². The third-order valence-corrected chi connectivity index (χ3v) is 7.21. The highest BCUT2D eigenvalue weighted by atomic mass is 32.2. The van der Waals surface area contributed by atoms with E-state index in [1.807, 2.05) is 4.90 Å². The van der Waals surface area contributed by atoms with Gasteiger partial charge in [0.15, 0.2) is 9.84 Å². The van der Waals surface area contributed by atoms with E-state index in [0.29, 0.717) is 29.8 Å². The summed E-state index contributed by atoms with van der Waals surface area (Å²) in [6.07, 6.45) is 8.77. The second-order valence-corrected chi connectivity index (χ2v) is 9.71. The van der Waals surface area contributed by atoms with Gasteiger partial charge in [0, 0.05) is 19.1 Å². The van der Waals surface area contributed by atoms with Crippen molar-refractivity contribution in [3.05, 3.63) is 30.3 Å². The van der Waals surface area contributed by atoms with Crippen molar-refractivity contribution < 1.29 is 13.2 Å². The Morgan fingerprint density at radius 2 is 1.73 bits per heavy atom. The summed E-state index contributed by atoms with van der Waals surface area (Å²) < 4.78 is 24.6. The van der Waals surface area contributed by atoms with Gasteiger partial charge in [-0.05, 0) is 50.2 Å². The molecular formula is C20H30N2O3S. The van der Waals surface area contributed by atoms with Crippen LogP contribution in [0, 0.1) is 5.92 Å². The first-order valence-electron chi connectivity index (χ1n) is 9.88. The minimum atomic E-state index is -3.27. The van der Waals surface area contributed by atoms with E-state index in [9.17, 15) is 13.2 Å². The molecule has 2 aliphatic carbocycles. The molecule has 2 saturated carbocycles. The van der Waals surface area contributed by atoms with Crippen molar-refractivity contribution >= 4 is 15.9 Å². The van der Waals surface area contributed by atoms with Crippen molar-refractivity contribution in [3.8, 4) is 0 Å². The van der Waals surface area contributed by atoms with E-state index < -0.39 is 9.84 Å². The Balaban J connectivity index is 1.47. The molecule has 1 N–H and O–H groups in total. The number of amides is 2. The number of nitrogens with zero attached hydrogens (tertiary/aromatic N) is 1. The summed E-state index contributed by atoms with van der Waals surface area (Å²) in [5.41, 5.74) is 0. The molecule has 2 amide bonds. The normalized spacial score (nSPS) is 18.5. The Bertz CT molecular complexity index is 680. The van der Waals surface area contributed by atoms with Gasteiger partial charge in [-0.25, -0.2) is 13.2 Å². The molecule has 0 unspecified atom stereocenters. The van der Waals surface area contributed by atoms with Crippen LogP contribution >= 0.6 is 0 Å². The van der Waals surface area contributed by atoms with E-state index in [4.69, 9.17) is 0 Å². The lowest BCUT2D eigenvalue weighted by atomic mass is 9.94. The molecule has 5 nitrogen and oxygen atoms in total. The molecule has 0 radical (unpaired) electrons. The van der Waals surface area contributed by atoms with Gasteiger partial charge in [-0.15, -0.1) is 0 Å². The highest BCUT2D eigenvalue weighted by molar-refractivity contribution is 7.91. The number of rotatable bonds is 8. The second-order valence-electron chi connectivity index (χ2n) is 7.60. The lowest BCUT2D eigenvalue weighted by Crippen LogP contribution is -2.48. The lowest BCUT2D eigenvalue weighted by Gasteiger charge is -2.34. The van der Waals surface area contributed by atoms with E-state index >= 15 is 0 Å². The van der Waals surface area contributed by atoms with Gasteiger partial charge in [0.25, 0.3) is 0 Å². The van der Waals surface area contributed by atoms with Crippen molar-refractivity contribution in [1.82, 2.24) is 10.2 Å². The zero-order chi connectivity index (χ0) is 18.4. The van der Waals surface area contributed by atoms with Gasteiger partial charge < -0.3 is 10.2 Å². The Kier molecular flexibility index (Phi) is 6.57. The number of sulfone groups is 1. The number of hydrogen-bond donors (Lipinski definition) is 1. The van der Waals surface area contributed by atoms with Crippen LogP contribution < -0.4 is 5.32 Å². The molecule has 0 heterocycles. The van der Waals surface area contributed by atoms with Crippen molar-refractivity contribution in [3.63, 3.8) is 0 Å². The van der Waals surface area contributed by atoms with Gasteiger partial charge in [-0.1, -0.05) is 37.5 Å². The maximum atomic E-state index is 12.7. The molecule has 1 aromatic carbocycles. The van der Waals surface area contributed by atoms with Gasteiger partial charge in [-0.3, -0.25) is 0 Å². The SMILES string of the molecule is O=C(NCCCS(=O)(=O)c1ccccc1)N(CC1CC1)C1CCCCC1. The van der Waals surface area contributed by atoms with Crippen molar-refractivity contribution in [2.24, 2.45) is 5.92 Å². The molecule has 0 saturated heterocycles. The molecule has 6 heteroatoms. The molecule has 2 fully saturated rings. The van der Waals surface area contributed by atoms with E-state index in [1.165, 1.54) is 32.1 Å². The molecule has 0 atom stereocenters. The quantitative estimate of drug-likeness (QED) is 0.703. The summed E-state index contributed by atoms with van der Waals surface area (Å²) in [7, 11) is -3.27. The molecular weight excluding hydrogens is 348 g/mol. The molecule has 1 aromatic rings. The van der Waals surface area contributed by atoms with Gasteiger partial charge in [-0.2, -0.15) is 0 Å². The highest BCUT2D eigenvalue weighted by Gasteiger charge is 2.31. The standard InChI is InChI=1S/C20H30N2O3S/c23-20(22(16-17-12-13-17)18-8-3-1-4-9-18)21-14-7-15-26(24,25)19-10-5-2-6-11-19/h2,5-6,10-11,17-18H,1,3-4,7-9,12-16H2,(H,21,23). The van der Waals surface area contributed by atoms with E-state index in [1.54, 1.807) is 30.3 Å². The summed E-state index contributed by atoms with van der Waals surface area (Å²) in [5.74, 6) is 0.727. The number of nitrogens with one attached hydrogen (secondary N) is 1. The van der Waals surface area contributed by atoms with Gasteiger partial charge >= 0.3 is 6.03 Å². The van der Waals surface area contributed by atoms with Gasteiger partial charge in [0.1, 0.15) is 0 Å². The molecule has 3 rings (SSSR count). The first kappa shape index (κ1) is 19.2. The Morgan fingerprint density at radius 1 is 1.04 bits per heavy atom. The molecule has 0 spiro atoms. The Labute approximate surface area is 157 Å². The van der Waals surface area contributed by atoms with Crippen molar-refractivity contribution in [2.75, 3.05) is 18.8 Å². The van der Waals surface area contributed by atoms with Crippen LogP contribution in [0.25, 0.3) is 0 Å². The average Bonchev–Trinajstić information content (AvgIpc) is 3.49. The van der Waals surface area contributed by atoms with Crippen LogP contribution in [0.5, 0.6) is 0 Å². The maximum Gasteiger partial charge on any atom is 0.317 e. The zero-order valence-electron chi connectivity index (χ0n) is 15.4. The third-order valence-electron chi connectivity index (χ3n) is 5.40. The van der Waals surface area contributed by atoms with E-state index in [-0.39, 0.29) is 11.8 Å². The first-order chi connectivity index (χ1) is 12.6. The smallest absolute Gasteiger partial charge is 0.317 e. The minimum Gasteiger partial charge on any atom is -0.338 e. The van der Waals surface area contributed by atoms with E-state index in [0.717, 1.165) is 19.4 Å². The fraction of sp³-hybridized carbons (Fsp3) is 0.650.